The lowest BCUT2D eigenvalue weighted by Crippen LogP contribution is -2.08. The van der Waals surface area contributed by atoms with Gasteiger partial charge in [-0.1, -0.05) is 41.6 Å². The Hall–Kier alpha value is -3.17. The van der Waals surface area contributed by atoms with Crippen molar-refractivity contribution in [2.24, 2.45) is 0 Å². The number of rotatable bonds is 9. The molecule has 0 amide bonds. The molecule has 10 heteroatoms. The first-order valence-corrected chi connectivity index (χ1v) is 10.6. The van der Waals surface area contributed by atoms with Crippen LogP contribution >= 0.6 is 23.4 Å². The van der Waals surface area contributed by atoms with E-state index in [4.69, 9.17) is 20.8 Å². The van der Waals surface area contributed by atoms with Gasteiger partial charge in [0.25, 0.3) is 0 Å². The van der Waals surface area contributed by atoms with Crippen molar-refractivity contribution in [2.45, 2.75) is 24.1 Å². The largest absolute Gasteiger partial charge is 0.483 e. The van der Waals surface area contributed by atoms with Crippen LogP contribution in [0.5, 0.6) is 5.75 Å². The molecule has 4 rings (SSSR count). The number of aromatic nitrogens is 5. The summed E-state index contributed by atoms with van der Waals surface area (Å²) in [6.07, 6.45) is 1.73. The first kappa shape index (κ1) is 21.1. The molecule has 0 fully saturated rings. The summed E-state index contributed by atoms with van der Waals surface area (Å²) in [4.78, 5) is 0. The third kappa shape index (κ3) is 5.12. The van der Waals surface area contributed by atoms with Gasteiger partial charge in [-0.15, -0.1) is 27.0 Å². The summed E-state index contributed by atoms with van der Waals surface area (Å²) in [6, 6.07) is 13.4. The first-order chi connectivity index (χ1) is 15.1. The van der Waals surface area contributed by atoms with Crippen LogP contribution in [0.3, 0.4) is 0 Å². The van der Waals surface area contributed by atoms with Crippen LogP contribution in [0.1, 0.15) is 11.7 Å². The van der Waals surface area contributed by atoms with Gasteiger partial charge < -0.3 is 9.15 Å². The maximum absolute atomic E-state index is 13.8. The number of hydrogen-bond donors (Lipinski definition) is 0. The highest BCUT2D eigenvalue weighted by molar-refractivity contribution is 7.98. The number of halogens is 2. The predicted molar refractivity (Wildman–Crippen MR) is 115 cm³/mol. The van der Waals surface area contributed by atoms with Crippen LogP contribution in [0, 0.1) is 5.82 Å². The number of para-hydroxylation sites is 1. The quantitative estimate of drug-likeness (QED) is 0.253. The fraction of sp³-hybridized carbons (Fsp3) is 0.143. The first-order valence-electron chi connectivity index (χ1n) is 9.25. The number of allylic oxidation sites excluding steroid dienone is 1. The molecule has 0 aliphatic carbocycles. The topological polar surface area (TPSA) is 78.9 Å². The van der Waals surface area contributed by atoms with Crippen LogP contribution in [-0.4, -0.2) is 25.0 Å². The highest BCUT2D eigenvalue weighted by atomic mass is 35.5. The molecule has 4 aromatic rings. The Kier molecular flexibility index (Phi) is 6.63. The lowest BCUT2D eigenvalue weighted by molar-refractivity contribution is 0.275. The van der Waals surface area contributed by atoms with Crippen molar-refractivity contribution in [3.05, 3.63) is 83.7 Å². The summed E-state index contributed by atoms with van der Waals surface area (Å²) in [5.41, 5.74) is 0.788. The van der Waals surface area contributed by atoms with Gasteiger partial charge >= 0.3 is 0 Å². The van der Waals surface area contributed by atoms with Gasteiger partial charge in [0, 0.05) is 17.1 Å². The van der Waals surface area contributed by atoms with Crippen LogP contribution in [0.25, 0.3) is 11.5 Å². The van der Waals surface area contributed by atoms with Gasteiger partial charge in [0.15, 0.2) is 22.5 Å². The van der Waals surface area contributed by atoms with Crippen molar-refractivity contribution < 1.29 is 13.5 Å². The molecule has 0 atom stereocenters. The minimum Gasteiger partial charge on any atom is -0.483 e. The lowest BCUT2D eigenvalue weighted by Gasteiger charge is -2.09. The van der Waals surface area contributed by atoms with Crippen LogP contribution < -0.4 is 4.74 Å². The van der Waals surface area contributed by atoms with Crippen molar-refractivity contribution in [1.82, 2.24) is 25.0 Å². The maximum Gasteiger partial charge on any atom is 0.247 e. The van der Waals surface area contributed by atoms with Crippen LogP contribution in [-0.2, 0) is 18.9 Å². The molecular formula is C21H17ClFN5O2S. The summed E-state index contributed by atoms with van der Waals surface area (Å²) >= 11 is 7.30. The predicted octanol–water partition coefficient (Wildman–Crippen LogP) is 5.18. The van der Waals surface area contributed by atoms with Crippen molar-refractivity contribution in [2.75, 3.05) is 0 Å². The second-order valence-electron chi connectivity index (χ2n) is 6.31. The molecule has 0 aliphatic heterocycles. The van der Waals surface area contributed by atoms with E-state index < -0.39 is 5.82 Å². The smallest absolute Gasteiger partial charge is 0.247 e. The molecular weight excluding hydrogens is 441 g/mol. The summed E-state index contributed by atoms with van der Waals surface area (Å²) in [5.74, 6) is 1.55. The molecule has 2 aromatic heterocycles. The molecule has 158 valence electrons. The summed E-state index contributed by atoms with van der Waals surface area (Å²) in [5, 5.41) is 17.8. The van der Waals surface area contributed by atoms with E-state index in [1.807, 2.05) is 16.7 Å². The number of thioether (sulfide) groups is 1. The maximum atomic E-state index is 13.8. The molecule has 0 bridgehead atoms. The zero-order valence-corrected chi connectivity index (χ0v) is 17.8. The Labute approximate surface area is 186 Å². The van der Waals surface area contributed by atoms with Crippen LogP contribution in [0.15, 0.2) is 70.8 Å². The van der Waals surface area contributed by atoms with Crippen molar-refractivity contribution in [3.63, 3.8) is 0 Å². The highest BCUT2D eigenvalue weighted by Crippen LogP contribution is 2.25. The van der Waals surface area contributed by atoms with Crippen molar-refractivity contribution >= 4 is 23.4 Å². The second kappa shape index (κ2) is 9.76. The van der Waals surface area contributed by atoms with Crippen LogP contribution in [0.2, 0.25) is 5.02 Å². The molecule has 0 unspecified atom stereocenters. The van der Waals surface area contributed by atoms with E-state index in [2.05, 4.69) is 27.0 Å². The Balaban J connectivity index is 1.43. The number of benzene rings is 2. The molecule has 7 nitrogen and oxygen atoms in total. The molecule has 0 saturated heterocycles. The van der Waals surface area contributed by atoms with Gasteiger partial charge in [0.2, 0.25) is 11.8 Å². The van der Waals surface area contributed by atoms with Gasteiger partial charge in [-0.3, -0.25) is 4.57 Å². The number of nitrogens with zero attached hydrogens (tertiary/aromatic N) is 5. The Morgan fingerprint density at radius 1 is 1.10 bits per heavy atom. The molecule has 2 aromatic carbocycles. The SMILES string of the molecule is C=CCn1c(COc2ccccc2F)nnc1SCc1nnc(-c2ccc(Cl)cc2)o1. The third-order valence-corrected chi connectivity index (χ3v) is 5.38. The normalized spacial score (nSPS) is 10.9. The lowest BCUT2D eigenvalue weighted by atomic mass is 10.2. The molecule has 2 heterocycles. The Morgan fingerprint density at radius 2 is 1.90 bits per heavy atom. The second-order valence-corrected chi connectivity index (χ2v) is 7.69. The summed E-state index contributed by atoms with van der Waals surface area (Å²) in [7, 11) is 0. The standard InChI is InChI=1S/C21H17ClFN5O2S/c1-2-11-28-18(12-29-17-6-4-3-5-16(17)23)24-27-21(28)31-13-19-25-26-20(30-19)14-7-9-15(22)10-8-14/h2-10H,1,11-13H2. The fourth-order valence-electron chi connectivity index (χ4n) is 2.70. The number of hydrogen-bond acceptors (Lipinski definition) is 7. The summed E-state index contributed by atoms with van der Waals surface area (Å²) < 4.78 is 26.9. The van der Waals surface area contributed by atoms with E-state index in [9.17, 15) is 4.39 Å². The van der Waals surface area contributed by atoms with Crippen LogP contribution in [0.4, 0.5) is 4.39 Å². The molecule has 0 saturated carbocycles. The summed E-state index contributed by atoms with van der Waals surface area (Å²) in [6.45, 7) is 4.33. The van der Waals surface area contributed by atoms with Crippen molar-refractivity contribution in [3.8, 4) is 17.2 Å². The Morgan fingerprint density at radius 3 is 2.68 bits per heavy atom. The van der Waals surface area contributed by atoms with Gasteiger partial charge in [-0.25, -0.2) is 4.39 Å². The van der Waals surface area contributed by atoms with Gasteiger partial charge in [-0.2, -0.15) is 0 Å². The average molecular weight is 458 g/mol. The van der Waals surface area contributed by atoms with E-state index in [1.165, 1.54) is 17.8 Å². The molecule has 31 heavy (non-hydrogen) atoms. The van der Waals surface area contributed by atoms with E-state index in [-0.39, 0.29) is 12.4 Å². The van der Waals surface area contributed by atoms with E-state index >= 15 is 0 Å². The highest BCUT2D eigenvalue weighted by Gasteiger charge is 2.15. The molecule has 0 aliphatic rings. The third-order valence-electron chi connectivity index (χ3n) is 4.18. The van der Waals surface area contributed by atoms with Gasteiger partial charge in [0.05, 0.1) is 5.75 Å². The monoisotopic (exact) mass is 457 g/mol. The number of ether oxygens (including phenoxy) is 1. The van der Waals surface area contributed by atoms with Gasteiger partial charge in [-0.05, 0) is 36.4 Å². The fourth-order valence-corrected chi connectivity index (χ4v) is 3.63. The van der Waals surface area contributed by atoms with E-state index in [1.54, 1.807) is 36.4 Å². The molecule has 0 radical (unpaired) electrons. The van der Waals surface area contributed by atoms with E-state index in [0.29, 0.717) is 40.1 Å². The van der Waals surface area contributed by atoms with Crippen molar-refractivity contribution in [1.29, 1.82) is 0 Å². The zero-order chi connectivity index (χ0) is 21.6. The molecule has 0 N–H and O–H groups in total. The Bertz CT molecular complexity index is 1180. The minimum atomic E-state index is -0.431. The zero-order valence-electron chi connectivity index (χ0n) is 16.2. The molecule has 0 spiro atoms. The van der Waals surface area contributed by atoms with E-state index in [0.717, 1.165) is 5.56 Å². The average Bonchev–Trinajstić information content (AvgIpc) is 3.40. The van der Waals surface area contributed by atoms with Gasteiger partial charge in [0.1, 0.15) is 6.61 Å². The minimum absolute atomic E-state index is 0.0730.